The van der Waals surface area contributed by atoms with Crippen molar-refractivity contribution in [2.24, 2.45) is 23.7 Å². The van der Waals surface area contributed by atoms with Crippen LogP contribution in [0.4, 0.5) is 5.69 Å². The number of nitrogens with one attached hydrogen (secondary N) is 1. The molecule has 1 amide bonds. The van der Waals surface area contributed by atoms with E-state index in [9.17, 15) is 24.3 Å². The molecule has 2 saturated carbocycles. The molecule has 0 heterocycles. The average molecular weight is 403 g/mol. The molecule has 2 aliphatic carbocycles. The van der Waals surface area contributed by atoms with Crippen LogP contribution in [0.2, 0.25) is 0 Å². The Balaban J connectivity index is 1.87. The van der Waals surface area contributed by atoms with Crippen LogP contribution in [0.1, 0.15) is 53.8 Å². The van der Waals surface area contributed by atoms with Gasteiger partial charge in [-0.1, -0.05) is 0 Å². The van der Waals surface area contributed by atoms with Crippen molar-refractivity contribution in [2.45, 2.75) is 33.1 Å². The number of ether oxygens (including phenoxy) is 2. The number of carboxylic acid groups (broad SMARTS) is 1. The smallest absolute Gasteiger partial charge is 0.338 e. The summed E-state index contributed by atoms with van der Waals surface area (Å²) in [5, 5.41) is 12.3. The van der Waals surface area contributed by atoms with E-state index in [0.29, 0.717) is 0 Å². The summed E-state index contributed by atoms with van der Waals surface area (Å²) in [6, 6.07) is 4.19. The summed E-state index contributed by atoms with van der Waals surface area (Å²) >= 11 is 0. The molecule has 2 N–H and O–H groups in total. The number of rotatable bonds is 7. The van der Waals surface area contributed by atoms with E-state index in [4.69, 9.17) is 9.47 Å². The molecule has 1 aromatic carbocycles. The number of carbonyl (C=O) groups is 4. The van der Waals surface area contributed by atoms with E-state index in [0.717, 1.165) is 19.3 Å². The second-order valence-corrected chi connectivity index (χ2v) is 7.45. The van der Waals surface area contributed by atoms with Gasteiger partial charge in [0.25, 0.3) is 0 Å². The molecule has 0 saturated heterocycles. The largest absolute Gasteiger partial charge is 0.481 e. The van der Waals surface area contributed by atoms with Crippen LogP contribution >= 0.6 is 0 Å². The van der Waals surface area contributed by atoms with Gasteiger partial charge in [-0.2, -0.15) is 0 Å². The first-order valence-corrected chi connectivity index (χ1v) is 9.88. The summed E-state index contributed by atoms with van der Waals surface area (Å²) in [7, 11) is 0. The van der Waals surface area contributed by atoms with Gasteiger partial charge in [-0.3, -0.25) is 9.59 Å². The van der Waals surface area contributed by atoms with Crippen molar-refractivity contribution in [3.8, 4) is 0 Å². The Morgan fingerprint density at radius 2 is 1.45 bits per heavy atom. The van der Waals surface area contributed by atoms with Crippen molar-refractivity contribution in [3.05, 3.63) is 29.3 Å². The maximum Gasteiger partial charge on any atom is 0.338 e. The van der Waals surface area contributed by atoms with Crippen LogP contribution in [0.5, 0.6) is 0 Å². The zero-order valence-electron chi connectivity index (χ0n) is 16.5. The zero-order chi connectivity index (χ0) is 21.1. The Labute approximate surface area is 168 Å². The number of carboxylic acids is 1. The zero-order valence-corrected chi connectivity index (χ0v) is 16.5. The fourth-order valence-corrected chi connectivity index (χ4v) is 4.61. The molecule has 0 unspecified atom stereocenters. The van der Waals surface area contributed by atoms with Crippen molar-refractivity contribution in [1.82, 2.24) is 0 Å². The molecule has 2 fully saturated rings. The predicted octanol–water partition coefficient (Wildman–Crippen LogP) is 2.73. The van der Waals surface area contributed by atoms with E-state index < -0.39 is 35.7 Å². The molecular weight excluding hydrogens is 378 g/mol. The Hall–Kier alpha value is -2.90. The number of benzene rings is 1. The predicted molar refractivity (Wildman–Crippen MR) is 102 cm³/mol. The number of esters is 2. The lowest BCUT2D eigenvalue weighted by Crippen LogP contribution is -2.37. The number of fused-ring (bicyclic) bond motifs is 2. The second kappa shape index (κ2) is 8.63. The molecule has 0 aromatic heterocycles. The Bertz CT molecular complexity index is 798. The fourth-order valence-electron chi connectivity index (χ4n) is 4.61. The third-order valence-electron chi connectivity index (χ3n) is 5.73. The highest BCUT2D eigenvalue weighted by Gasteiger charge is 2.54. The van der Waals surface area contributed by atoms with Crippen LogP contribution in [0, 0.1) is 23.7 Å². The molecule has 156 valence electrons. The van der Waals surface area contributed by atoms with Crippen molar-refractivity contribution in [2.75, 3.05) is 18.5 Å². The van der Waals surface area contributed by atoms with E-state index >= 15 is 0 Å². The summed E-state index contributed by atoms with van der Waals surface area (Å²) in [4.78, 5) is 48.9. The van der Waals surface area contributed by atoms with Gasteiger partial charge in [0, 0.05) is 5.69 Å². The Kier molecular flexibility index (Phi) is 6.20. The molecule has 0 spiro atoms. The molecule has 29 heavy (non-hydrogen) atoms. The fraction of sp³-hybridized carbons (Fsp3) is 0.524. The molecule has 2 aliphatic rings. The van der Waals surface area contributed by atoms with Crippen molar-refractivity contribution < 1.29 is 33.8 Å². The number of carbonyl (C=O) groups excluding carboxylic acids is 3. The first kappa shape index (κ1) is 20.8. The lowest BCUT2D eigenvalue weighted by atomic mass is 9.78. The van der Waals surface area contributed by atoms with Gasteiger partial charge in [-0.15, -0.1) is 0 Å². The number of anilines is 1. The first-order chi connectivity index (χ1) is 13.8. The highest BCUT2D eigenvalue weighted by atomic mass is 16.5. The lowest BCUT2D eigenvalue weighted by molar-refractivity contribution is -0.148. The number of hydrogen-bond donors (Lipinski definition) is 2. The second-order valence-electron chi connectivity index (χ2n) is 7.45. The van der Waals surface area contributed by atoms with Crippen LogP contribution in [0.3, 0.4) is 0 Å². The number of amides is 1. The Morgan fingerprint density at radius 1 is 0.931 bits per heavy atom. The van der Waals surface area contributed by atoms with E-state index in [1.807, 2.05) is 0 Å². The Morgan fingerprint density at radius 3 is 1.93 bits per heavy atom. The third-order valence-corrected chi connectivity index (χ3v) is 5.73. The normalized spacial score (nSPS) is 24.8. The summed E-state index contributed by atoms with van der Waals surface area (Å²) in [6.45, 7) is 3.65. The van der Waals surface area contributed by atoms with Crippen molar-refractivity contribution >= 4 is 29.5 Å². The van der Waals surface area contributed by atoms with Crippen LogP contribution < -0.4 is 5.32 Å². The lowest BCUT2D eigenvalue weighted by Gasteiger charge is -2.27. The van der Waals surface area contributed by atoms with E-state index in [2.05, 4.69) is 5.32 Å². The van der Waals surface area contributed by atoms with Crippen molar-refractivity contribution in [3.63, 3.8) is 0 Å². The van der Waals surface area contributed by atoms with Gasteiger partial charge >= 0.3 is 17.9 Å². The minimum atomic E-state index is -0.954. The van der Waals surface area contributed by atoms with Gasteiger partial charge in [-0.05, 0) is 63.1 Å². The van der Waals surface area contributed by atoms with Gasteiger partial charge in [0.2, 0.25) is 5.91 Å². The summed E-state index contributed by atoms with van der Waals surface area (Å²) in [5.41, 5.74) is 0.446. The van der Waals surface area contributed by atoms with Gasteiger partial charge in [0.1, 0.15) is 0 Å². The van der Waals surface area contributed by atoms with E-state index in [1.54, 1.807) is 13.8 Å². The highest BCUT2D eigenvalue weighted by Crippen LogP contribution is 2.52. The summed E-state index contributed by atoms with van der Waals surface area (Å²) in [6.07, 6.45) is 2.41. The quantitative estimate of drug-likeness (QED) is 0.672. The van der Waals surface area contributed by atoms with Crippen LogP contribution in [0.25, 0.3) is 0 Å². The first-order valence-electron chi connectivity index (χ1n) is 9.88. The third kappa shape index (κ3) is 4.26. The minimum absolute atomic E-state index is 0.0224. The van der Waals surface area contributed by atoms with Gasteiger partial charge in [-0.25, -0.2) is 9.59 Å². The van der Waals surface area contributed by atoms with Gasteiger partial charge in [0.15, 0.2) is 0 Å². The molecule has 4 atom stereocenters. The molecule has 2 bridgehead atoms. The maximum absolute atomic E-state index is 12.9. The SMILES string of the molecule is CCOC(=O)c1cc(NC(=O)[C@@H]2[C@H]3CC[C@@H](C3)[C@@H]2C(=O)O)cc(C(=O)OCC)c1. The van der Waals surface area contributed by atoms with E-state index in [-0.39, 0.29) is 41.9 Å². The number of hydrogen-bond acceptors (Lipinski definition) is 6. The van der Waals surface area contributed by atoms with Crippen LogP contribution in [0.15, 0.2) is 18.2 Å². The molecule has 0 radical (unpaired) electrons. The topological polar surface area (TPSA) is 119 Å². The molecule has 0 aliphatic heterocycles. The van der Waals surface area contributed by atoms with Crippen molar-refractivity contribution in [1.29, 1.82) is 0 Å². The standard InChI is InChI=1S/C21H25NO7/c1-3-28-20(26)13-8-14(21(27)29-4-2)10-15(9-13)22-18(23)16-11-5-6-12(7-11)17(16)19(24)25/h8-12,16-17H,3-7H2,1-2H3,(H,22,23)(H,24,25)/t11-,12-,16+,17-/m0/s1. The average Bonchev–Trinajstić information content (AvgIpc) is 3.29. The molecule has 1 aromatic rings. The molecule has 8 heteroatoms. The maximum atomic E-state index is 12.9. The molecular formula is C21H25NO7. The van der Waals surface area contributed by atoms with Crippen LogP contribution in [-0.2, 0) is 19.1 Å². The summed E-state index contributed by atoms with van der Waals surface area (Å²) < 4.78 is 9.98. The van der Waals surface area contributed by atoms with Crippen LogP contribution in [-0.4, -0.2) is 42.1 Å². The van der Waals surface area contributed by atoms with Gasteiger partial charge < -0.3 is 19.9 Å². The van der Waals surface area contributed by atoms with Gasteiger partial charge in [0.05, 0.1) is 36.2 Å². The summed E-state index contributed by atoms with van der Waals surface area (Å²) in [5.74, 6) is -3.87. The molecule has 3 rings (SSSR count). The highest BCUT2D eigenvalue weighted by molar-refractivity contribution is 6.01. The van der Waals surface area contributed by atoms with E-state index in [1.165, 1.54) is 18.2 Å². The monoisotopic (exact) mass is 403 g/mol. The molecule has 8 nitrogen and oxygen atoms in total. The number of aliphatic carboxylic acids is 1. The minimum Gasteiger partial charge on any atom is -0.481 e.